The van der Waals surface area contributed by atoms with Gasteiger partial charge in [0.15, 0.2) is 34.5 Å². The van der Waals surface area contributed by atoms with Gasteiger partial charge >= 0.3 is 0 Å². The Bertz CT molecular complexity index is 1170. The number of allylic oxidation sites excluding steroid dienone is 4. The van der Waals surface area contributed by atoms with Crippen molar-refractivity contribution < 1.29 is 30.6 Å². The predicted octanol–water partition coefficient (Wildman–Crippen LogP) is 4.09. The van der Waals surface area contributed by atoms with Crippen LogP contribution in [0.4, 0.5) is 0 Å². The van der Waals surface area contributed by atoms with Crippen LogP contribution in [0.1, 0.15) is 28.2 Å². The fourth-order valence-electron chi connectivity index (χ4n) is 5.17. The molecule has 2 aliphatic rings. The molecule has 0 heterocycles. The molecule has 6 heteroatoms. The number of aromatic hydroxyl groups is 6. The van der Waals surface area contributed by atoms with E-state index in [-0.39, 0.29) is 11.8 Å². The molecular formula is C25H20O6. The smallest absolute Gasteiger partial charge is 0.200 e. The van der Waals surface area contributed by atoms with Gasteiger partial charge in [-0.15, -0.1) is 0 Å². The maximum atomic E-state index is 10.3. The molecule has 0 fully saturated rings. The minimum atomic E-state index is -1.05. The van der Waals surface area contributed by atoms with Crippen molar-refractivity contribution in [1.82, 2.24) is 0 Å². The van der Waals surface area contributed by atoms with Crippen LogP contribution < -0.4 is 0 Å². The molecule has 3 aromatic carbocycles. The fourth-order valence-corrected chi connectivity index (χ4v) is 5.17. The summed E-state index contributed by atoms with van der Waals surface area (Å²) in [5.74, 6) is -3.49. The zero-order valence-electron chi connectivity index (χ0n) is 16.3. The van der Waals surface area contributed by atoms with E-state index in [1.54, 1.807) is 0 Å². The van der Waals surface area contributed by atoms with E-state index in [1.165, 1.54) is 24.3 Å². The molecule has 2 atom stereocenters. The van der Waals surface area contributed by atoms with E-state index in [0.29, 0.717) is 11.1 Å². The number of rotatable bonds is 2. The number of fused-ring (bicyclic) bond motifs is 3. The van der Waals surface area contributed by atoms with Gasteiger partial charge < -0.3 is 30.6 Å². The second-order valence-electron chi connectivity index (χ2n) is 7.94. The molecule has 0 saturated heterocycles. The lowest BCUT2D eigenvalue weighted by Gasteiger charge is -2.39. The van der Waals surface area contributed by atoms with Crippen LogP contribution in [0.2, 0.25) is 0 Å². The SMILES string of the molecule is Oc1cc(C2(c3cc(O)c(O)c(O)c3)c3ccccc3C3C=CC=CC32)cc(O)c1O. The van der Waals surface area contributed by atoms with E-state index in [2.05, 4.69) is 6.08 Å². The molecule has 0 aliphatic heterocycles. The van der Waals surface area contributed by atoms with Crippen LogP contribution in [0, 0.1) is 5.92 Å². The highest BCUT2D eigenvalue weighted by molar-refractivity contribution is 5.68. The fraction of sp³-hybridized carbons (Fsp3) is 0.120. The summed E-state index contributed by atoms with van der Waals surface area (Å²) in [6, 6.07) is 13.2. The number of hydrogen-bond acceptors (Lipinski definition) is 6. The van der Waals surface area contributed by atoms with Crippen molar-refractivity contribution in [2.24, 2.45) is 5.92 Å². The summed E-state index contributed by atoms with van der Waals surface area (Å²) in [5.41, 5.74) is 1.75. The van der Waals surface area contributed by atoms with Gasteiger partial charge in [0.05, 0.1) is 5.41 Å². The molecule has 31 heavy (non-hydrogen) atoms. The molecule has 0 radical (unpaired) electrons. The number of phenols is 6. The van der Waals surface area contributed by atoms with Gasteiger partial charge in [0.25, 0.3) is 0 Å². The monoisotopic (exact) mass is 416 g/mol. The van der Waals surface area contributed by atoms with E-state index < -0.39 is 39.9 Å². The minimum Gasteiger partial charge on any atom is -0.504 e. The van der Waals surface area contributed by atoms with Crippen LogP contribution in [-0.4, -0.2) is 30.6 Å². The molecule has 156 valence electrons. The van der Waals surface area contributed by atoms with Gasteiger partial charge in [-0.05, 0) is 46.5 Å². The van der Waals surface area contributed by atoms with Crippen LogP contribution in [0.25, 0.3) is 0 Å². The number of phenolic OH excluding ortho intramolecular Hbond substituents is 6. The maximum Gasteiger partial charge on any atom is 0.200 e. The highest BCUT2D eigenvalue weighted by atomic mass is 16.3. The molecule has 3 aromatic rings. The Kier molecular flexibility index (Phi) is 3.95. The Morgan fingerprint density at radius 1 is 0.613 bits per heavy atom. The van der Waals surface area contributed by atoms with Crippen LogP contribution in [0.3, 0.4) is 0 Å². The minimum absolute atomic E-state index is 0.0441. The normalized spacial score (nSPS) is 20.4. The number of hydrogen-bond donors (Lipinski definition) is 6. The summed E-state index contributed by atoms with van der Waals surface area (Å²) < 4.78 is 0. The van der Waals surface area contributed by atoms with Crippen molar-refractivity contribution >= 4 is 0 Å². The highest BCUT2D eigenvalue weighted by Gasteiger charge is 2.53. The third-order valence-corrected chi connectivity index (χ3v) is 6.43. The molecule has 6 N–H and O–H groups in total. The standard InChI is InChI=1S/C25H20O6/c26-19-9-13(10-20(27)23(19)30)25(14-11-21(28)24(31)22(29)12-14)17-7-3-1-5-15(17)16-6-2-4-8-18(16)25/h1-12,15,17,26-31H. The van der Waals surface area contributed by atoms with Gasteiger partial charge in [-0.1, -0.05) is 48.6 Å². The van der Waals surface area contributed by atoms with Crippen molar-refractivity contribution in [3.05, 3.63) is 95.1 Å². The molecule has 0 amide bonds. The average Bonchev–Trinajstić information content (AvgIpc) is 3.06. The molecule has 0 bridgehead atoms. The molecule has 0 aromatic heterocycles. The first-order valence-corrected chi connectivity index (χ1v) is 9.81. The van der Waals surface area contributed by atoms with E-state index in [4.69, 9.17) is 0 Å². The molecule has 2 aliphatic carbocycles. The second-order valence-corrected chi connectivity index (χ2v) is 7.94. The van der Waals surface area contributed by atoms with Crippen LogP contribution in [0.5, 0.6) is 34.5 Å². The van der Waals surface area contributed by atoms with Crippen molar-refractivity contribution in [1.29, 1.82) is 0 Å². The van der Waals surface area contributed by atoms with E-state index in [9.17, 15) is 30.6 Å². The second kappa shape index (κ2) is 6.47. The summed E-state index contributed by atoms with van der Waals surface area (Å²) in [7, 11) is 0. The maximum absolute atomic E-state index is 10.3. The van der Waals surface area contributed by atoms with Crippen LogP contribution in [0.15, 0.2) is 72.8 Å². The summed E-state index contributed by atoms with van der Waals surface area (Å²) in [4.78, 5) is 0. The van der Waals surface area contributed by atoms with Gasteiger partial charge in [0, 0.05) is 11.8 Å². The van der Waals surface area contributed by atoms with Crippen LogP contribution >= 0.6 is 0 Å². The Morgan fingerprint density at radius 2 is 1.10 bits per heavy atom. The Hall–Kier alpha value is -4.06. The van der Waals surface area contributed by atoms with Crippen molar-refractivity contribution in [2.75, 3.05) is 0 Å². The van der Waals surface area contributed by atoms with E-state index in [0.717, 1.165) is 11.1 Å². The highest BCUT2D eigenvalue weighted by Crippen LogP contribution is 2.61. The lowest BCUT2D eigenvalue weighted by molar-refractivity contribution is 0.359. The van der Waals surface area contributed by atoms with Crippen molar-refractivity contribution in [3.8, 4) is 34.5 Å². The zero-order valence-corrected chi connectivity index (χ0v) is 16.3. The summed E-state index contributed by atoms with van der Waals surface area (Å²) in [6.07, 6.45) is 7.92. The molecule has 0 spiro atoms. The predicted molar refractivity (Wildman–Crippen MR) is 114 cm³/mol. The third kappa shape index (κ3) is 2.45. The molecule has 0 saturated carbocycles. The quantitative estimate of drug-likeness (QED) is 0.350. The number of benzene rings is 3. The summed E-state index contributed by atoms with van der Waals surface area (Å²) >= 11 is 0. The van der Waals surface area contributed by atoms with Crippen molar-refractivity contribution in [2.45, 2.75) is 11.3 Å². The van der Waals surface area contributed by atoms with E-state index >= 15 is 0 Å². The van der Waals surface area contributed by atoms with Gasteiger partial charge in [-0.25, -0.2) is 0 Å². The Balaban J connectivity index is 1.94. The first-order chi connectivity index (χ1) is 14.9. The average molecular weight is 416 g/mol. The summed E-state index contributed by atoms with van der Waals surface area (Å²) in [5, 5.41) is 61.2. The van der Waals surface area contributed by atoms with Crippen molar-refractivity contribution in [3.63, 3.8) is 0 Å². The summed E-state index contributed by atoms with van der Waals surface area (Å²) in [6.45, 7) is 0. The van der Waals surface area contributed by atoms with Crippen LogP contribution in [-0.2, 0) is 5.41 Å². The zero-order chi connectivity index (χ0) is 21.9. The first kappa shape index (κ1) is 18.9. The Labute approximate surface area is 177 Å². The van der Waals surface area contributed by atoms with Gasteiger partial charge in [-0.2, -0.15) is 0 Å². The largest absolute Gasteiger partial charge is 0.504 e. The molecular weight excluding hydrogens is 396 g/mol. The lowest BCUT2D eigenvalue weighted by atomic mass is 9.63. The Morgan fingerprint density at radius 3 is 1.65 bits per heavy atom. The van der Waals surface area contributed by atoms with Gasteiger partial charge in [-0.3, -0.25) is 0 Å². The first-order valence-electron chi connectivity index (χ1n) is 9.81. The molecule has 6 nitrogen and oxygen atoms in total. The molecule has 2 unspecified atom stereocenters. The van der Waals surface area contributed by atoms with Gasteiger partial charge in [0.1, 0.15) is 0 Å². The van der Waals surface area contributed by atoms with E-state index in [1.807, 2.05) is 42.5 Å². The molecule has 5 rings (SSSR count). The topological polar surface area (TPSA) is 121 Å². The van der Waals surface area contributed by atoms with Gasteiger partial charge in [0.2, 0.25) is 0 Å². The lowest BCUT2D eigenvalue weighted by Crippen LogP contribution is -2.35. The third-order valence-electron chi connectivity index (χ3n) is 6.43.